The van der Waals surface area contributed by atoms with Gasteiger partial charge in [0.1, 0.15) is 11.4 Å². The molecule has 0 spiro atoms. The van der Waals surface area contributed by atoms with Crippen molar-refractivity contribution in [2.24, 2.45) is 5.92 Å². The molecule has 6 heteroatoms. The third kappa shape index (κ3) is 3.93. The summed E-state index contributed by atoms with van der Waals surface area (Å²) in [7, 11) is 0. The van der Waals surface area contributed by atoms with E-state index < -0.39 is 17.5 Å². The number of amides is 2. The van der Waals surface area contributed by atoms with E-state index in [9.17, 15) is 19.1 Å². The van der Waals surface area contributed by atoms with Gasteiger partial charge in [0.25, 0.3) is 0 Å². The van der Waals surface area contributed by atoms with Crippen molar-refractivity contribution in [3.05, 3.63) is 35.6 Å². The molecule has 0 bridgehead atoms. The van der Waals surface area contributed by atoms with Gasteiger partial charge in [-0.05, 0) is 49.8 Å². The summed E-state index contributed by atoms with van der Waals surface area (Å²) in [4.78, 5) is 23.1. The van der Waals surface area contributed by atoms with Gasteiger partial charge >= 0.3 is 12.0 Å². The molecule has 1 aliphatic carbocycles. The first-order chi connectivity index (χ1) is 9.91. The fourth-order valence-electron chi connectivity index (χ4n) is 2.28. The number of hydrogen-bond donors (Lipinski definition) is 3. The standard InChI is InChI=1S/C15H19FN2O3/c1-15(13(19)20,11-5-6-11)18-14(21)17-8-7-10-3-2-4-12(16)9-10/h2-4,9,11H,5-8H2,1H3,(H,19,20)(H2,17,18,21). The SMILES string of the molecule is CC(NC(=O)NCCc1cccc(F)c1)(C(=O)O)C1CC1. The first kappa shape index (κ1) is 15.3. The molecule has 2 rings (SSSR count). The number of benzene rings is 1. The average Bonchev–Trinajstić information content (AvgIpc) is 3.23. The van der Waals surface area contributed by atoms with E-state index in [1.54, 1.807) is 12.1 Å². The Morgan fingerprint density at radius 2 is 2.14 bits per heavy atom. The molecule has 1 aliphatic rings. The Labute approximate surface area is 122 Å². The van der Waals surface area contributed by atoms with Crippen molar-refractivity contribution in [3.63, 3.8) is 0 Å². The Kier molecular flexibility index (Phi) is 4.45. The minimum Gasteiger partial charge on any atom is -0.480 e. The lowest BCUT2D eigenvalue weighted by Crippen LogP contribution is -2.56. The molecule has 1 atom stereocenters. The van der Waals surface area contributed by atoms with Gasteiger partial charge in [0.2, 0.25) is 0 Å². The second kappa shape index (κ2) is 6.11. The maximum absolute atomic E-state index is 13.0. The Balaban J connectivity index is 1.80. The van der Waals surface area contributed by atoms with Gasteiger partial charge < -0.3 is 15.7 Å². The number of carboxylic acid groups (broad SMARTS) is 1. The number of urea groups is 1. The molecule has 0 radical (unpaired) electrons. The van der Waals surface area contributed by atoms with Gasteiger partial charge in [0, 0.05) is 6.54 Å². The van der Waals surface area contributed by atoms with Crippen molar-refractivity contribution in [2.45, 2.75) is 31.7 Å². The molecular formula is C15H19FN2O3. The highest BCUT2D eigenvalue weighted by Gasteiger charge is 2.48. The highest BCUT2D eigenvalue weighted by Crippen LogP contribution is 2.39. The zero-order valence-electron chi connectivity index (χ0n) is 11.9. The van der Waals surface area contributed by atoms with Crippen LogP contribution in [-0.4, -0.2) is 29.2 Å². The van der Waals surface area contributed by atoms with Gasteiger partial charge in [-0.2, -0.15) is 0 Å². The highest BCUT2D eigenvalue weighted by molar-refractivity contribution is 5.86. The number of aliphatic carboxylic acids is 1. The van der Waals surface area contributed by atoms with Crippen LogP contribution in [0.1, 0.15) is 25.3 Å². The summed E-state index contributed by atoms with van der Waals surface area (Å²) in [5, 5.41) is 14.4. The summed E-state index contributed by atoms with van der Waals surface area (Å²) in [6.07, 6.45) is 2.11. The van der Waals surface area contributed by atoms with Crippen molar-refractivity contribution in [1.82, 2.24) is 10.6 Å². The van der Waals surface area contributed by atoms with E-state index in [1.807, 2.05) is 0 Å². The molecule has 0 heterocycles. The van der Waals surface area contributed by atoms with Crippen molar-refractivity contribution in [2.75, 3.05) is 6.54 Å². The fraction of sp³-hybridized carbons (Fsp3) is 0.467. The van der Waals surface area contributed by atoms with Crippen LogP contribution in [0.5, 0.6) is 0 Å². The van der Waals surface area contributed by atoms with Crippen molar-refractivity contribution in [1.29, 1.82) is 0 Å². The van der Waals surface area contributed by atoms with E-state index in [2.05, 4.69) is 10.6 Å². The summed E-state index contributed by atoms with van der Waals surface area (Å²) >= 11 is 0. The first-order valence-corrected chi connectivity index (χ1v) is 6.95. The number of rotatable bonds is 6. The van der Waals surface area contributed by atoms with E-state index in [0.29, 0.717) is 13.0 Å². The van der Waals surface area contributed by atoms with Gasteiger partial charge in [-0.1, -0.05) is 12.1 Å². The van der Waals surface area contributed by atoms with Crippen LogP contribution in [0.4, 0.5) is 9.18 Å². The number of halogens is 1. The third-order valence-corrected chi connectivity index (χ3v) is 3.80. The minimum atomic E-state index is -1.22. The maximum Gasteiger partial charge on any atom is 0.329 e. The molecule has 3 N–H and O–H groups in total. The van der Waals surface area contributed by atoms with Crippen LogP contribution in [-0.2, 0) is 11.2 Å². The van der Waals surface area contributed by atoms with E-state index in [-0.39, 0.29) is 11.7 Å². The molecule has 0 aromatic heterocycles. The normalized spacial score (nSPS) is 16.9. The quantitative estimate of drug-likeness (QED) is 0.750. The number of nitrogens with one attached hydrogen (secondary N) is 2. The smallest absolute Gasteiger partial charge is 0.329 e. The summed E-state index contributed by atoms with van der Waals surface area (Å²) in [6.45, 7) is 1.84. The molecule has 5 nitrogen and oxygen atoms in total. The molecule has 0 aliphatic heterocycles. The van der Waals surface area contributed by atoms with Gasteiger partial charge in [-0.15, -0.1) is 0 Å². The lowest BCUT2D eigenvalue weighted by molar-refractivity contribution is -0.144. The van der Waals surface area contributed by atoms with E-state index in [1.165, 1.54) is 19.1 Å². The van der Waals surface area contributed by atoms with E-state index >= 15 is 0 Å². The fourth-order valence-corrected chi connectivity index (χ4v) is 2.28. The Hall–Kier alpha value is -2.11. The Morgan fingerprint density at radius 1 is 1.43 bits per heavy atom. The summed E-state index contributed by atoms with van der Waals surface area (Å²) in [5.74, 6) is -1.35. The van der Waals surface area contributed by atoms with Gasteiger partial charge in [0.15, 0.2) is 0 Å². The predicted molar refractivity (Wildman–Crippen MR) is 75.4 cm³/mol. The molecule has 1 aromatic carbocycles. The largest absolute Gasteiger partial charge is 0.480 e. The van der Waals surface area contributed by atoms with Crippen LogP contribution < -0.4 is 10.6 Å². The predicted octanol–water partition coefficient (Wildman–Crippen LogP) is 1.92. The second-order valence-electron chi connectivity index (χ2n) is 5.54. The highest BCUT2D eigenvalue weighted by atomic mass is 19.1. The molecule has 1 aromatic rings. The van der Waals surface area contributed by atoms with Gasteiger partial charge in [-0.3, -0.25) is 0 Å². The third-order valence-electron chi connectivity index (χ3n) is 3.80. The molecule has 114 valence electrons. The van der Waals surface area contributed by atoms with E-state index in [0.717, 1.165) is 18.4 Å². The summed E-state index contributed by atoms with van der Waals surface area (Å²) < 4.78 is 13.0. The lowest BCUT2D eigenvalue weighted by atomic mass is 9.96. The van der Waals surface area contributed by atoms with E-state index in [4.69, 9.17) is 0 Å². The lowest BCUT2D eigenvalue weighted by Gasteiger charge is -2.26. The van der Waals surface area contributed by atoms with Crippen molar-refractivity contribution < 1.29 is 19.1 Å². The zero-order valence-corrected chi connectivity index (χ0v) is 11.9. The molecule has 1 fully saturated rings. The Morgan fingerprint density at radius 3 is 2.71 bits per heavy atom. The number of carboxylic acids is 1. The van der Waals surface area contributed by atoms with Crippen molar-refractivity contribution in [3.8, 4) is 0 Å². The van der Waals surface area contributed by atoms with Crippen LogP contribution in [0.15, 0.2) is 24.3 Å². The molecular weight excluding hydrogens is 275 g/mol. The average molecular weight is 294 g/mol. The number of carbonyl (C=O) groups excluding carboxylic acids is 1. The van der Waals surface area contributed by atoms with Crippen LogP contribution >= 0.6 is 0 Å². The molecule has 1 unspecified atom stereocenters. The number of carbonyl (C=O) groups is 2. The first-order valence-electron chi connectivity index (χ1n) is 6.95. The molecule has 2 amide bonds. The summed E-state index contributed by atoms with van der Waals surface area (Å²) in [5.41, 5.74) is -0.443. The molecule has 1 saturated carbocycles. The number of hydrogen-bond acceptors (Lipinski definition) is 2. The molecule has 0 saturated heterocycles. The van der Waals surface area contributed by atoms with Crippen LogP contribution in [0.25, 0.3) is 0 Å². The molecule has 21 heavy (non-hydrogen) atoms. The second-order valence-corrected chi connectivity index (χ2v) is 5.54. The Bertz CT molecular complexity index is 545. The van der Waals surface area contributed by atoms with Gasteiger partial charge in [0.05, 0.1) is 0 Å². The minimum absolute atomic E-state index is 0.0102. The van der Waals surface area contributed by atoms with Gasteiger partial charge in [-0.25, -0.2) is 14.0 Å². The van der Waals surface area contributed by atoms with Crippen LogP contribution in [0.3, 0.4) is 0 Å². The van der Waals surface area contributed by atoms with Crippen molar-refractivity contribution >= 4 is 12.0 Å². The van der Waals surface area contributed by atoms with Crippen LogP contribution in [0.2, 0.25) is 0 Å². The van der Waals surface area contributed by atoms with Crippen LogP contribution in [0, 0.1) is 11.7 Å². The summed E-state index contributed by atoms with van der Waals surface area (Å²) in [6, 6.07) is 5.64. The monoisotopic (exact) mass is 294 g/mol. The maximum atomic E-state index is 13.0. The topological polar surface area (TPSA) is 78.4 Å². The zero-order chi connectivity index (χ0) is 15.5.